The van der Waals surface area contributed by atoms with Crippen LogP contribution in [0.1, 0.15) is 37.8 Å². The highest BCUT2D eigenvalue weighted by Crippen LogP contribution is 2.22. The van der Waals surface area contributed by atoms with Gasteiger partial charge in [0.1, 0.15) is 5.75 Å². The molecule has 1 fully saturated rings. The average molecular weight is 329 g/mol. The standard InChI is InChI=1S/C18H23N3OS/c1-14-13-23-18(20-16-8-10-17(22-2)11-9-16)21(14)19-12-15-6-4-3-5-7-15/h8-13,15H,3-7H2,1-2H3. The van der Waals surface area contributed by atoms with Gasteiger partial charge < -0.3 is 4.74 Å². The SMILES string of the molecule is COc1ccc(N=c2scc(C)n2N=CC2CCCCC2)cc1. The lowest BCUT2D eigenvalue weighted by molar-refractivity contribution is 0.415. The Hall–Kier alpha value is -1.88. The van der Waals surface area contributed by atoms with Gasteiger partial charge in [-0.15, -0.1) is 11.3 Å². The Morgan fingerprint density at radius 1 is 1.17 bits per heavy atom. The molecule has 0 amide bonds. The number of hydrogen-bond donors (Lipinski definition) is 0. The van der Waals surface area contributed by atoms with Gasteiger partial charge in [-0.1, -0.05) is 19.3 Å². The predicted octanol–water partition coefficient (Wildman–Crippen LogP) is 4.51. The zero-order valence-corrected chi connectivity index (χ0v) is 14.6. The van der Waals surface area contributed by atoms with Crippen LogP contribution in [-0.4, -0.2) is 18.0 Å². The Balaban J connectivity index is 1.85. The van der Waals surface area contributed by atoms with Crippen molar-refractivity contribution < 1.29 is 4.74 Å². The van der Waals surface area contributed by atoms with Crippen LogP contribution in [-0.2, 0) is 0 Å². The Morgan fingerprint density at radius 2 is 1.91 bits per heavy atom. The van der Waals surface area contributed by atoms with Crippen LogP contribution in [0.4, 0.5) is 5.69 Å². The van der Waals surface area contributed by atoms with E-state index < -0.39 is 0 Å². The molecular formula is C18H23N3OS. The summed E-state index contributed by atoms with van der Waals surface area (Å²) >= 11 is 1.62. The Morgan fingerprint density at radius 3 is 2.61 bits per heavy atom. The monoisotopic (exact) mass is 329 g/mol. The number of nitrogens with zero attached hydrogens (tertiary/aromatic N) is 3. The minimum absolute atomic E-state index is 0.615. The van der Waals surface area contributed by atoms with Gasteiger partial charge in [-0.3, -0.25) is 0 Å². The molecule has 5 heteroatoms. The lowest BCUT2D eigenvalue weighted by atomic mass is 9.90. The number of hydrogen-bond acceptors (Lipinski definition) is 4. The first-order valence-corrected chi connectivity index (χ1v) is 9.04. The Labute approximate surface area is 141 Å². The van der Waals surface area contributed by atoms with Gasteiger partial charge >= 0.3 is 0 Å². The van der Waals surface area contributed by atoms with E-state index in [4.69, 9.17) is 14.8 Å². The summed E-state index contributed by atoms with van der Waals surface area (Å²) in [6.45, 7) is 2.07. The Kier molecular flexibility index (Phi) is 5.28. The van der Waals surface area contributed by atoms with Crippen LogP contribution in [0, 0.1) is 12.8 Å². The molecule has 1 aromatic carbocycles. The van der Waals surface area contributed by atoms with Crippen LogP contribution >= 0.6 is 11.3 Å². The van der Waals surface area contributed by atoms with Crippen molar-refractivity contribution in [3.63, 3.8) is 0 Å². The predicted molar refractivity (Wildman–Crippen MR) is 95.7 cm³/mol. The molecule has 3 rings (SSSR count). The van der Waals surface area contributed by atoms with Gasteiger partial charge in [0.15, 0.2) is 0 Å². The Bertz CT molecular complexity index is 721. The number of thiazole rings is 1. The number of benzene rings is 1. The fourth-order valence-electron chi connectivity index (χ4n) is 2.81. The van der Waals surface area contributed by atoms with Gasteiger partial charge in [0, 0.05) is 11.6 Å². The summed E-state index contributed by atoms with van der Waals surface area (Å²) in [5, 5.41) is 6.80. The summed E-state index contributed by atoms with van der Waals surface area (Å²) in [5.41, 5.74) is 2.03. The maximum absolute atomic E-state index is 5.19. The van der Waals surface area contributed by atoms with E-state index in [0.29, 0.717) is 5.92 Å². The second-order valence-electron chi connectivity index (χ2n) is 5.94. The van der Waals surface area contributed by atoms with Crippen molar-refractivity contribution in [2.45, 2.75) is 39.0 Å². The molecule has 0 radical (unpaired) electrons. The normalized spacial score (nSPS) is 17.0. The van der Waals surface area contributed by atoms with Gasteiger partial charge in [-0.2, -0.15) is 5.10 Å². The van der Waals surface area contributed by atoms with Crippen LogP contribution in [0.2, 0.25) is 0 Å². The highest BCUT2D eigenvalue weighted by molar-refractivity contribution is 7.07. The van der Waals surface area contributed by atoms with E-state index in [9.17, 15) is 0 Å². The first-order valence-electron chi connectivity index (χ1n) is 8.16. The lowest BCUT2D eigenvalue weighted by Crippen LogP contribution is -2.14. The van der Waals surface area contributed by atoms with Crippen molar-refractivity contribution in [1.82, 2.24) is 4.68 Å². The van der Waals surface area contributed by atoms with Crippen molar-refractivity contribution in [3.8, 4) is 5.75 Å². The number of rotatable bonds is 4. The molecular weight excluding hydrogens is 306 g/mol. The van der Waals surface area contributed by atoms with Crippen molar-refractivity contribution in [3.05, 3.63) is 40.1 Å². The summed E-state index contributed by atoms with van der Waals surface area (Å²) in [6, 6.07) is 7.77. The first-order chi connectivity index (χ1) is 11.3. The molecule has 0 N–H and O–H groups in total. The summed E-state index contributed by atoms with van der Waals surface area (Å²) in [7, 11) is 1.67. The molecule has 2 aromatic rings. The van der Waals surface area contributed by atoms with Crippen LogP contribution in [0.25, 0.3) is 0 Å². The van der Waals surface area contributed by atoms with Crippen LogP contribution in [0.5, 0.6) is 5.75 Å². The molecule has 1 aromatic heterocycles. The van der Waals surface area contributed by atoms with E-state index in [1.54, 1.807) is 18.4 Å². The zero-order valence-electron chi connectivity index (χ0n) is 13.7. The summed E-state index contributed by atoms with van der Waals surface area (Å²) < 4.78 is 7.13. The number of methoxy groups -OCH3 is 1. The third kappa shape index (κ3) is 4.10. The number of aryl methyl sites for hydroxylation is 1. The van der Waals surface area contributed by atoms with E-state index in [1.165, 1.54) is 32.1 Å². The maximum atomic E-state index is 5.19. The second-order valence-corrected chi connectivity index (χ2v) is 6.78. The molecule has 0 saturated heterocycles. The van der Waals surface area contributed by atoms with Gasteiger partial charge in [-0.25, -0.2) is 9.67 Å². The third-order valence-corrected chi connectivity index (χ3v) is 5.12. The smallest absolute Gasteiger partial charge is 0.211 e. The number of ether oxygens (including phenoxy) is 1. The molecule has 1 saturated carbocycles. The third-order valence-electron chi connectivity index (χ3n) is 4.19. The van der Waals surface area contributed by atoms with E-state index in [1.807, 2.05) is 28.9 Å². The molecule has 0 bridgehead atoms. The molecule has 4 nitrogen and oxygen atoms in total. The lowest BCUT2D eigenvalue weighted by Gasteiger charge is -2.16. The van der Waals surface area contributed by atoms with E-state index >= 15 is 0 Å². The van der Waals surface area contributed by atoms with Crippen LogP contribution < -0.4 is 9.54 Å². The van der Waals surface area contributed by atoms with E-state index in [0.717, 1.165) is 21.9 Å². The van der Waals surface area contributed by atoms with Crippen LogP contribution in [0.15, 0.2) is 39.7 Å². The number of aromatic nitrogens is 1. The molecule has 0 aliphatic heterocycles. The highest BCUT2D eigenvalue weighted by atomic mass is 32.1. The summed E-state index contributed by atoms with van der Waals surface area (Å²) in [5.74, 6) is 1.46. The maximum Gasteiger partial charge on any atom is 0.211 e. The minimum atomic E-state index is 0.615. The van der Waals surface area contributed by atoms with E-state index in [-0.39, 0.29) is 0 Å². The van der Waals surface area contributed by atoms with Gasteiger partial charge in [-0.05, 0) is 49.9 Å². The van der Waals surface area contributed by atoms with Crippen molar-refractivity contribution in [1.29, 1.82) is 0 Å². The second kappa shape index (κ2) is 7.59. The average Bonchev–Trinajstić information content (AvgIpc) is 2.94. The van der Waals surface area contributed by atoms with E-state index in [2.05, 4.69) is 18.5 Å². The summed E-state index contributed by atoms with van der Waals surface area (Å²) in [4.78, 5) is 5.62. The molecule has 122 valence electrons. The van der Waals surface area contributed by atoms with Crippen molar-refractivity contribution in [2.24, 2.45) is 16.0 Å². The van der Waals surface area contributed by atoms with Gasteiger partial charge in [0.25, 0.3) is 0 Å². The molecule has 0 atom stereocenters. The topological polar surface area (TPSA) is 38.9 Å². The largest absolute Gasteiger partial charge is 0.497 e. The quantitative estimate of drug-likeness (QED) is 0.760. The first kappa shape index (κ1) is 16.0. The highest BCUT2D eigenvalue weighted by Gasteiger charge is 2.11. The fourth-order valence-corrected chi connectivity index (χ4v) is 3.64. The minimum Gasteiger partial charge on any atom is -0.497 e. The zero-order chi connectivity index (χ0) is 16.1. The summed E-state index contributed by atoms with van der Waals surface area (Å²) in [6.07, 6.45) is 8.66. The molecule has 0 unspecified atom stereocenters. The van der Waals surface area contributed by atoms with Gasteiger partial charge in [0.05, 0.1) is 18.5 Å². The molecule has 1 heterocycles. The van der Waals surface area contributed by atoms with Crippen LogP contribution in [0.3, 0.4) is 0 Å². The molecule has 1 aliphatic rings. The molecule has 0 spiro atoms. The van der Waals surface area contributed by atoms with Crippen molar-refractivity contribution in [2.75, 3.05) is 7.11 Å². The van der Waals surface area contributed by atoms with Crippen molar-refractivity contribution >= 4 is 23.2 Å². The fraction of sp³-hybridized carbons (Fsp3) is 0.444. The molecule has 23 heavy (non-hydrogen) atoms. The van der Waals surface area contributed by atoms with Gasteiger partial charge in [0.2, 0.25) is 4.80 Å². The molecule has 1 aliphatic carbocycles.